The molecule has 2 heterocycles. The molecule has 2 aliphatic carbocycles. The molecule has 0 amide bonds. The molecule has 2 bridgehead atoms. The summed E-state index contributed by atoms with van der Waals surface area (Å²) < 4.78 is 6.01. The normalized spacial score (nSPS) is 45.4. The molecule has 86 valence electrons. The van der Waals surface area contributed by atoms with Crippen molar-refractivity contribution < 1.29 is 4.74 Å². The van der Waals surface area contributed by atoms with Gasteiger partial charge in [-0.05, 0) is 45.4 Å². The van der Waals surface area contributed by atoms with Gasteiger partial charge < -0.3 is 10.1 Å². The molecule has 0 aromatic rings. The van der Waals surface area contributed by atoms with Crippen molar-refractivity contribution in [2.75, 3.05) is 13.2 Å². The Hall–Kier alpha value is -0.0800. The Morgan fingerprint density at radius 1 is 1.20 bits per heavy atom. The molecule has 4 rings (SSSR count). The SMILES string of the molecule is CC12CCC(CNC3CCC3)(CC1)CO2. The molecule has 15 heavy (non-hydrogen) atoms. The number of hydrogen-bond donors (Lipinski definition) is 1. The van der Waals surface area contributed by atoms with Crippen molar-refractivity contribution in [3.05, 3.63) is 0 Å². The van der Waals surface area contributed by atoms with Gasteiger partial charge in [0.15, 0.2) is 0 Å². The summed E-state index contributed by atoms with van der Waals surface area (Å²) in [7, 11) is 0. The Kier molecular flexibility index (Phi) is 2.33. The monoisotopic (exact) mass is 209 g/mol. The first kappa shape index (κ1) is 10.1. The van der Waals surface area contributed by atoms with Gasteiger partial charge in [-0.25, -0.2) is 0 Å². The van der Waals surface area contributed by atoms with Crippen LogP contribution in [0.5, 0.6) is 0 Å². The molecule has 0 unspecified atom stereocenters. The van der Waals surface area contributed by atoms with Crippen LogP contribution >= 0.6 is 0 Å². The standard InChI is InChI=1S/C13H23NO/c1-12-5-7-13(8-6-12,10-15-12)9-14-11-3-2-4-11/h11,14H,2-10H2,1H3. The molecule has 2 nitrogen and oxygen atoms in total. The van der Waals surface area contributed by atoms with E-state index in [-0.39, 0.29) is 5.60 Å². The molecule has 0 atom stereocenters. The largest absolute Gasteiger partial charge is 0.375 e. The Morgan fingerprint density at radius 2 is 1.93 bits per heavy atom. The van der Waals surface area contributed by atoms with Gasteiger partial charge in [0.1, 0.15) is 0 Å². The zero-order valence-corrected chi connectivity index (χ0v) is 9.85. The van der Waals surface area contributed by atoms with Crippen LogP contribution in [0.25, 0.3) is 0 Å². The number of fused-ring (bicyclic) bond motifs is 3. The first-order valence-electron chi connectivity index (χ1n) is 6.57. The summed E-state index contributed by atoms with van der Waals surface area (Å²) in [6.45, 7) is 4.49. The Bertz CT molecular complexity index is 222. The molecule has 0 aromatic heterocycles. The average molecular weight is 209 g/mol. The predicted octanol–water partition coefficient (Wildman–Crippen LogP) is 2.48. The van der Waals surface area contributed by atoms with Crippen LogP contribution in [0.4, 0.5) is 0 Å². The minimum absolute atomic E-state index is 0.234. The van der Waals surface area contributed by atoms with Gasteiger partial charge in [0.05, 0.1) is 12.2 Å². The minimum Gasteiger partial charge on any atom is -0.375 e. The summed E-state index contributed by atoms with van der Waals surface area (Å²) in [6.07, 6.45) is 9.54. The molecule has 0 spiro atoms. The van der Waals surface area contributed by atoms with Crippen molar-refractivity contribution in [1.29, 1.82) is 0 Å². The fourth-order valence-corrected chi connectivity index (χ4v) is 3.13. The van der Waals surface area contributed by atoms with E-state index in [4.69, 9.17) is 4.74 Å². The summed E-state index contributed by atoms with van der Waals surface area (Å²) >= 11 is 0. The van der Waals surface area contributed by atoms with E-state index in [9.17, 15) is 0 Å². The van der Waals surface area contributed by atoms with E-state index in [0.29, 0.717) is 5.41 Å². The van der Waals surface area contributed by atoms with Gasteiger partial charge in [-0.3, -0.25) is 0 Å². The van der Waals surface area contributed by atoms with E-state index in [1.54, 1.807) is 0 Å². The van der Waals surface area contributed by atoms with Crippen molar-refractivity contribution in [2.24, 2.45) is 5.41 Å². The second-order valence-electron chi connectivity index (χ2n) is 6.25. The highest BCUT2D eigenvalue weighted by Gasteiger charge is 2.47. The number of hydrogen-bond acceptors (Lipinski definition) is 2. The lowest BCUT2D eigenvalue weighted by Crippen LogP contribution is -2.54. The van der Waals surface area contributed by atoms with Crippen LogP contribution in [0.2, 0.25) is 0 Å². The van der Waals surface area contributed by atoms with Crippen LogP contribution < -0.4 is 5.32 Å². The lowest BCUT2D eigenvalue weighted by molar-refractivity contribution is -0.172. The van der Waals surface area contributed by atoms with Crippen molar-refractivity contribution in [2.45, 2.75) is 63.5 Å². The number of nitrogens with one attached hydrogen (secondary N) is 1. The number of ether oxygens (including phenoxy) is 1. The topological polar surface area (TPSA) is 21.3 Å². The lowest BCUT2D eigenvalue weighted by Gasteiger charge is -2.52. The first-order chi connectivity index (χ1) is 7.20. The van der Waals surface area contributed by atoms with Gasteiger partial charge in [0.25, 0.3) is 0 Å². The van der Waals surface area contributed by atoms with Crippen molar-refractivity contribution >= 4 is 0 Å². The van der Waals surface area contributed by atoms with Crippen molar-refractivity contribution in [1.82, 2.24) is 5.32 Å². The Morgan fingerprint density at radius 3 is 2.40 bits per heavy atom. The van der Waals surface area contributed by atoms with Gasteiger partial charge in [0, 0.05) is 18.0 Å². The quantitative estimate of drug-likeness (QED) is 0.771. The highest BCUT2D eigenvalue weighted by molar-refractivity contribution is 4.98. The molecular formula is C13H23NO. The summed E-state index contributed by atoms with van der Waals surface area (Å²) in [5, 5.41) is 3.74. The molecule has 0 radical (unpaired) electrons. The third-order valence-corrected chi connectivity index (χ3v) is 4.97. The van der Waals surface area contributed by atoms with Gasteiger partial charge in [0.2, 0.25) is 0 Å². The van der Waals surface area contributed by atoms with Gasteiger partial charge >= 0.3 is 0 Å². The van der Waals surface area contributed by atoms with E-state index in [1.165, 1.54) is 51.5 Å². The molecule has 0 aromatic carbocycles. The zero-order chi connectivity index (χ0) is 10.4. The summed E-state index contributed by atoms with van der Waals surface area (Å²) in [5.41, 5.74) is 0.728. The highest BCUT2D eigenvalue weighted by atomic mass is 16.5. The van der Waals surface area contributed by atoms with E-state index >= 15 is 0 Å². The van der Waals surface area contributed by atoms with Gasteiger partial charge in [-0.15, -0.1) is 0 Å². The fraction of sp³-hybridized carbons (Fsp3) is 1.00. The average Bonchev–Trinajstić information content (AvgIpc) is 2.18. The summed E-state index contributed by atoms with van der Waals surface area (Å²) in [6, 6.07) is 0.828. The van der Waals surface area contributed by atoms with Crippen LogP contribution in [0.1, 0.15) is 51.9 Å². The molecule has 2 saturated carbocycles. The molecule has 4 aliphatic rings. The third kappa shape index (κ3) is 1.83. The summed E-state index contributed by atoms with van der Waals surface area (Å²) in [5.74, 6) is 0. The first-order valence-corrected chi connectivity index (χ1v) is 6.57. The molecule has 2 saturated heterocycles. The maximum atomic E-state index is 6.01. The number of rotatable bonds is 3. The maximum Gasteiger partial charge on any atom is 0.0655 e. The highest BCUT2D eigenvalue weighted by Crippen LogP contribution is 2.48. The van der Waals surface area contributed by atoms with Crippen molar-refractivity contribution in [3.63, 3.8) is 0 Å². The van der Waals surface area contributed by atoms with Crippen LogP contribution in [0.15, 0.2) is 0 Å². The second kappa shape index (κ2) is 3.46. The zero-order valence-electron chi connectivity index (χ0n) is 9.85. The fourth-order valence-electron chi connectivity index (χ4n) is 3.13. The molecular weight excluding hydrogens is 186 g/mol. The molecule has 2 aliphatic heterocycles. The third-order valence-electron chi connectivity index (χ3n) is 4.97. The van der Waals surface area contributed by atoms with Crippen LogP contribution in [0, 0.1) is 5.41 Å². The Labute approximate surface area is 92.8 Å². The van der Waals surface area contributed by atoms with Crippen LogP contribution in [0.3, 0.4) is 0 Å². The van der Waals surface area contributed by atoms with Crippen LogP contribution in [-0.2, 0) is 4.74 Å². The van der Waals surface area contributed by atoms with Crippen LogP contribution in [-0.4, -0.2) is 24.8 Å². The molecule has 2 heteroatoms. The Balaban J connectivity index is 1.55. The second-order valence-corrected chi connectivity index (χ2v) is 6.25. The van der Waals surface area contributed by atoms with Gasteiger partial charge in [-0.1, -0.05) is 6.42 Å². The smallest absolute Gasteiger partial charge is 0.0655 e. The van der Waals surface area contributed by atoms with Crippen molar-refractivity contribution in [3.8, 4) is 0 Å². The lowest BCUT2D eigenvalue weighted by atomic mass is 9.66. The predicted molar refractivity (Wildman–Crippen MR) is 60.9 cm³/mol. The maximum absolute atomic E-state index is 6.01. The summed E-state index contributed by atoms with van der Waals surface area (Å²) in [4.78, 5) is 0. The minimum atomic E-state index is 0.234. The van der Waals surface area contributed by atoms with E-state index in [0.717, 1.165) is 12.6 Å². The van der Waals surface area contributed by atoms with E-state index in [1.807, 2.05) is 0 Å². The molecule has 4 fully saturated rings. The van der Waals surface area contributed by atoms with E-state index in [2.05, 4.69) is 12.2 Å². The van der Waals surface area contributed by atoms with E-state index < -0.39 is 0 Å². The van der Waals surface area contributed by atoms with Gasteiger partial charge in [-0.2, -0.15) is 0 Å². The molecule has 1 N–H and O–H groups in total.